The lowest BCUT2D eigenvalue weighted by Gasteiger charge is -2.31. The number of hydrogen-bond donors (Lipinski definition) is 2. The summed E-state index contributed by atoms with van der Waals surface area (Å²) in [5, 5.41) is 8.12. The summed E-state index contributed by atoms with van der Waals surface area (Å²) in [6.07, 6.45) is 3.86. The maximum atomic E-state index is 11.0. The molecule has 2 rings (SSSR count). The first kappa shape index (κ1) is 12.6. The molecule has 0 aliphatic heterocycles. The van der Waals surface area contributed by atoms with Crippen LogP contribution in [0.15, 0.2) is 21.6 Å². The molecule has 17 heavy (non-hydrogen) atoms. The molecule has 5 nitrogen and oxygen atoms in total. The highest BCUT2D eigenvalue weighted by Gasteiger charge is 2.23. The number of sulfonamides is 1. The van der Waals surface area contributed by atoms with Crippen LogP contribution in [-0.2, 0) is 16.6 Å². The number of primary sulfonamides is 1. The second-order valence-corrected chi connectivity index (χ2v) is 6.12. The van der Waals surface area contributed by atoms with Crippen LogP contribution in [0.4, 0.5) is 0 Å². The molecule has 96 valence electrons. The summed E-state index contributed by atoms with van der Waals surface area (Å²) < 4.78 is 27.2. The van der Waals surface area contributed by atoms with E-state index in [0.717, 1.165) is 5.92 Å². The van der Waals surface area contributed by atoms with E-state index >= 15 is 0 Å². The van der Waals surface area contributed by atoms with Gasteiger partial charge in [0.05, 0.1) is 6.54 Å². The van der Waals surface area contributed by atoms with Gasteiger partial charge < -0.3 is 9.73 Å². The molecular formula is C11H18N2O3S. The second kappa shape index (κ2) is 4.80. The van der Waals surface area contributed by atoms with Gasteiger partial charge in [0.2, 0.25) is 5.09 Å². The largest absolute Gasteiger partial charge is 0.447 e. The molecule has 1 aliphatic rings. The molecule has 0 spiro atoms. The molecule has 1 aromatic heterocycles. The van der Waals surface area contributed by atoms with Gasteiger partial charge in [-0.1, -0.05) is 6.42 Å². The summed E-state index contributed by atoms with van der Waals surface area (Å²) in [6.45, 7) is 2.68. The van der Waals surface area contributed by atoms with Gasteiger partial charge in [-0.05, 0) is 37.8 Å². The lowest BCUT2D eigenvalue weighted by Crippen LogP contribution is -2.36. The van der Waals surface area contributed by atoms with Gasteiger partial charge in [-0.15, -0.1) is 0 Å². The lowest BCUT2D eigenvalue weighted by atomic mass is 9.80. The topological polar surface area (TPSA) is 85.3 Å². The zero-order chi connectivity index (χ0) is 12.5. The minimum absolute atomic E-state index is 0.175. The van der Waals surface area contributed by atoms with Crippen LogP contribution in [0.2, 0.25) is 0 Å². The normalized spacial score (nSPS) is 18.9. The van der Waals surface area contributed by atoms with E-state index in [1.165, 1.54) is 25.3 Å². The standard InChI is InChI=1S/C11H18N2O3S/c1-8(9-3-2-4-9)13-7-10-5-6-11(16-10)17(12,14)15/h5-6,8-9,13H,2-4,7H2,1H3,(H2,12,14,15). The van der Waals surface area contributed by atoms with Crippen molar-refractivity contribution in [1.29, 1.82) is 0 Å². The number of rotatable bonds is 5. The fraction of sp³-hybridized carbons (Fsp3) is 0.636. The van der Waals surface area contributed by atoms with Crippen molar-refractivity contribution in [3.05, 3.63) is 17.9 Å². The number of furan rings is 1. The van der Waals surface area contributed by atoms with Crippen LogP contribution in [0.1, 0.15) is 31.9 Å². The van der Waals surface area contributed by atoms with Crippen LogP contribution in [0, 0.1) is 5.92 Å². The van der Waals surface area contributed by atoms with Crippen LogP contribution in [0.5, 0.6) is 0 Å². The Morgan fingerprint density at radius 1 is 1.53 bits per heavy atom. The van der Waals surface area contributed by atoms with Crippen molar-refractivity contribution in [3.8, 4) is 0 Å². The maximum Gasteiger partial charge on any atom is 0.271 e. The molecule has 0 radical (unpaired) electrons. The van der Waals surface area contributed by atoms with E-state index in [1.54, 1.807) is 6.07 Å². The molecule has 0 bridgehead atoms. The molecule has 0 amide bonds. The monoisotopic (exact) mass is 258 g/mol. The highest BCUT2D eigenvalue weighted by molar-refractivity contribution is 7.89. The van der Waals surface area contributed by atoms with Gasteiger partial charge in [-0.25, -0.2) is 13.6 Å². The zero-order valence-corrected chi connectivity index (χ0v) is 10.7. The quantitative estimate of drug-likeness (QED) is 0.831. The highest BCUT2D eigenvalue weighted by atomic mass is 32.2. The molecule has 0 aromatic carbocycles. The van der Waals surface area contributed by atoms with E-state index < -0.39 is 10.0 Å². The molecule has 1 fully saturated rings. The molecule has 1 unspecified atom stereocenters. The third-order valence-electron chi connectivity index (χ3n) is 3.37. The summed E-state index contributed by atoms with van der Waals surface area (Å²) in [4.78, 5) is 0. The summed E-state index contributed by atoms with van der Waals surface area (Å²) in [5.41, 5.74) is 0. The second-order valence-electron chi connectivity index (χ2n) is 4.63. The minimum Gasteiger partial charge on any atom is -0.447 e. The van der Waals surface area contributed by atoms with Gasteiger partial charge >= 0.3 is 0 Å². The van der Waals surface area contributed by atoms with Gasteiger partial charge in [0, 0.05) is 6.04 Å². The molecule has 3 N–H and O–H groups in total. The van der Waals surface area contributed by atoms with Crippen molar-refractivity contribution in [2.75, 3.05) is 0 Å². The third-order valence-corrected chi connectivity index (χ3v) is 4.15. The van der Waals surface area contributed by atoms with Crippen LogP contribution in [0.3, 0.4) is 0 Å². The van der Waals surface area contributed by atoms with Crippen LogP contribution >= 0.6 is 0 Å². The van der Waals surface area contributed by atoms with Crippen molar-refractivity contribution in [1.82, 2.24) is 5.32 Å². The molecule has 1 aliphatic carbocycles. The first-order valence-corrected chi connectivity index (χ1v) is 7.36. The Kier molecular flexibility index (Phi) is 3.56. The van der Waals surface area contributed by atoms with Gasteiger partial charge in [0.1, 0.15) is 5.76 Å². The first-order valence-electron chi connectivity index (χ1n) is 5.82. The Bertz CT molecular complexity index is 477. The summed E-state index contributed by atoms with van der Waals surface area (Å²) in [5.74, 6) is 1.34. The van der Waals surface area contributed by atoms with Crippen molar-refractivity contribution in [2.24, 2.45) is 11.1 Å². The maximum absolute atomic E-state index is 11.0. The smallest absolute Gasteiger partial charge is 0.271 e. The Morgan fingerprint density at radius 2 is 2.24 bits per heavy atom. The lowest BCUT2D eigenvalue weighted by molar-refractivity contribution is 0.235. The first-order chi connectivity index (χ1) is 7.97. The van der Waals surface area contributed by atoms with Gasteiger partial charge in [0.15, 0.2) is 0 Å². The van der Waals surface area contributed by atoms with E-state index in [4.69, 9.17) is 9.56 Å². The van der Waals surface area contributed by atoms with E-state index in [9.17, 15) is 8.42 Å². The van der Waals surface area contributed by atoms with Crippen molar-refractivity contribution in [2.45, 2.75) is 43.9 Å². The average molecular weight is 258 g/mol. The van der Waals surface area contributed by atoms with Crippen LogP contribution in [0.25, 0.3) is 0 Å². The van der Waals surface area contributed by atoms with Gasteiger partial charge in [-0.2, -0.15) is 0 Å². The molecule has 1 saturated carbocycles. The Labute approximate surface area is 101 Å². The number of nitrogens with one attached hydrogen (secondary N) is 1. The SMILES string of the molecule is CC(NCc1ccc(S(N)(=O)=O)o1)C1CCC1. The predicted molar refractivity (Wildman–Crippen MR) is 63.7 cm³/mol. The van der Waals surface area contributed by atoms with Gasteiger partial charge in [-0.3, -0.25) is 0 Å². The Hall–Kier alpha value is -0.850. The van der Waals surface area contributed by atoms with Crippen LogP contribution < -0.4 is 10.5 Å². The summed E-state index contributed by atoms with van der Waals surface area (Å²) in [7, 11) is -3.72. The Balaban J connectivity index is 1.89. The van der Waals surface area contributed by atoms with Crippen LogP contribution in [-0.4, -0.2) is 14.5 Å². The van der Waals surface area contributed by atoms with E-state index in [-0.39, 0.29) is 5.09 Å². The zero-order valence-electron chi connectivity index (χ0n) is 9.85. The highest BCUT2D eigenvalue weighted by Crippen LogP contribution is 2.29. The summed E-state index contributed by atoms with van der Waals surface area (Å²) >= 11 is 0. The summed E-state index contributed by atoms with van der Waals surface area (Å²) in [6, 6.07) is 3.47. The molecule has 1 heterocycles. The Morgan fingerprint density at radius 3 is 2.71 bits per heavy atom. The average Bonchev–Trinajstić information content (AvgIpc) is 2.59. The van der Waals surface area contributed by atoms with Gasteiger partial charge in [0.25, 0.3) is 10.0 Å². The van der Waals surface area contributed by atoms with Crippen molar-refractivity contribution < 1.29 is 12.8 Å². The van der Waals surface area contributed by atoms with Crippen molar-refractivity contribution in [3.63, 3.8) is 0 Å². The third kappa shape index (κ3) is 3.08. The number of hydrogen-bond acceptors (Lipinski definition) is 4. The predicted octanol–water partition coefficient (Wildman–Crippen LogP) is 1.21. The van der Waals surface area contributed by atoms with E-state index in [0.29, 0.717) is 18.3 Å². The van der Waals surface area contributed by atoms with E-state index in [1.807, 2.05) is 0 Å². The molecule has 1 atom stereocenters. The molecule has 1 aromatic rings. The number of nitrogens with two attached hydrogens (primary N) is 1. The fourth-order valence-corrected chi connectivity index (χ4v) is 2.46. The molecule has 0 saturated heterocycles. The fourth-order valence-electron chi connectivity index (χ4n) is 1.97. The van der Waals surface area contributed by atoms with Crippen molar-refractivity contribution >= 4 is 10.0 Å². The molecule has 6 heteroatoms. The minimum atomic E-state index is -3.72. The van der Waals surface area contributed by atoms with E-state index in [2.05, 4.69) is 12.2 Å². The molecular weight excluding hydrogens is 240 g/mol.